The highest BCUT2D eigenvalue weighted by atomic mass is 79.9. The predicted octanol–water partition coefficient (Wildman–Crippen LogP) is 4.45. The number of Topliss-reactive ketones (excluding diaryl/α,β-unsaturated/α-hetero) is 1. The molecule has 0 radical (unpaired) electrons. The van der Waals surface area contributed by atoms with E-state index in [1.807, 2.05) is 19.9 Å². The first kappa shape index (κ1) is 22.3. The van der Waals surface area contributed by atoms with Crippen LogP contribution in [0.3, 0.4) is 0 Å². The van der Waals surface area contributed by atoms with E-state index in [9.17, 15) is 14.4 Å². The third kappa shape index (κ3) is 5.20. The molecule has 5 nitrogen and oxygen atoms in total. The van der Waals surface area contributed by atoms with Crippen molar-refractivity contribution in [3.63, 3.8) is 0 Å². The van der Waals surface area contributed by atoms with Crippen LogP contribution in [0.2, 0.25) is 0 Å². The molecule has 1 aliphatic carbocycles. The molecule has 0 aromatic heterocycles. The SMILES string of the molecule is CCC#CC[C@H](C)C(=O)/C(Br)=C\[C@@H]1[C@H]2CC(=O)O[C@H]2C[C@H]1OC(=O)c1ccccc1. The van der Waals surface area contributed by atoms with Gasteiger partial charge in [-0.25, -0.2) is 4.79 Å². The Bertz CT molecular complexity index is 895. The molecule has 0 unspecified atom stereocenters. The summed E-state index contributed by atoms with van der Waals surface area (Å²) in [6.07, 6.45) is 2.97. The van der Waals surface area contributed by atoms with Crippen LogP contribution >= 0.6 is 15.9 Å². The molecule has 2 fully saturated rings. The largest absolute Gasteiger partial charge is 0.462 e. The van der Waals surface area contributed by atoms with Gasteiger partial charge in [0.1, 0.15) is 12.2 Å². The van der Waals surface area contributed by atoms with Crippen LogP contribution in [0.4, 0.5) is 0 Å². The zero-order valence-electron chi connectivity index (χ0n) is 17.1. The van der Waals surface area contributed by atoms with Gasteiger partial charge in [0.05, 0.1) is 16.5 Å². The Labute approximate surface area is 185 Å². The lowest BCUT2D eigenvalue weighted by Gasteiger charge is -2.21. The fraction of sp³-hybridized carbons (Fsp3) is 0.458. The van der Waals surface area contributed by atoms with Crippen molar-refractivity contribution >= 4 is 33.7 Å². The van der Waals surface area contributed by atoms with Gasteiger partial charge in [0.15, 0.2) is 5.78 Å². The molecule has 1 heterocycles. The molecule has 30 heavy (non-hydrogen) atoms. The van der Waals surface area contributed by atoms with E-state index in [4.69, 9.17) is 9.47 Å². The topological polar surface area (TPSA) is 69.7 Å². The molecule has 1 aliphatic heterocycles. The van der Waals surface area contributed by atoms with Crippen LogP contribution in [0.1, 0.15) is 49.9 Å². The van der Waals surface area contributed by atoms with Crippen LogP contribution in [-0.2, 0) is 19.1 Å². The van der Waals surface area contributed by atoms with Gasteiger partial charge in [-0.3, -0.25) is 9.59 Å². The molecule has 6 heteroatoms. The van der Waals surface area contributed by atoms with Crippen molar-refractivity contribution in [1.82, 2.24) is 0 Å². The fourth-order valence-corrected chi connectivity index (χ4v) is 4.66. The van der Waals surface area contributed by atoms with Crippen LogP contribution in [0.15, 0.2) is 40.9 Å². The van der Waals surface area contributed by atoms with Crippen molar-refractivity contribution in [2.24, 2.45) is 17.8 Å². The van der Waals surface area contributed by atoms with Crippen molar-refractivity contribution in [2.45, 2.75) is 51.7 Å². The Morgan fingerprint density at radius 1 is 1.30 bits per heavy atom. The van der Waals surface area contributed by atoms with Gasteiger partial charge in [-0.2, -0.15) is 0 Å². The van der Waals surface area contributed by atoms with Gasteiger partial charge in [-0.1, -0.05) is 38.1 Å². The summed E-state index contributed by atoms with van der Waals surface area (Å²) < 4.78 is 11.6. The van der Waals surface area contributed by atoms with Gasteiger partial charge < -0.3 is 9.47 Å². The Kier molecular flexibility index (Phi) is 7.49. The van der Waals surface area contributed by atoms with E-state index in [1.54, 1.807) is 30.3 Å². The van der Waals surface area contributed by atoms with Crippen molar-refractivity contribution in [2.75, 3.05) is 0 Å². The molecule has 3 rings (SSSR count). The van der Waals surface area contributed by atoms with Crippen molar-refractivity contribution in [3.05, 3.63) is 46.5 Å². The third-order valence-electron chi connectivity index (χ3n) is 5.55. The molecular weight excluding hydrogens is 448 g/mol. The number of carbonyl (C=O) groups is 3. The van der Waals surface area contributed by atoms with Crippen LogP contribution < -0.4 is 0 Å². The number of fused-ring (bicyclic) bond motifs is 1. The van der Waals surface area contributed by atoms with Gasteiger partial charge in [-0.05, 0) is 28.1 Å². The molecule has 0 amide bonds. The average molecular weight is 473 g/mol. The van der Waals surface area contributed by atoms with Gasteiger partial charge in [0.2, 0.25) is 0 Å². The maximum Gasteiger partial charge on any atom is 0.338 e. The number of rotatable bonds is 6. The maximum atomic E-state index is 12.7. The van der Waals surface area contributed by atoms with E-state index >= 15 is 0 Å². The van der Waals surface area contributed by atoms with Crippen LogP contribution in [0.5, 0.6) is 0 Å². The number of hydrogen-bond donors (Lipinski definition) is 0. The van der Waals surface area contributed by atoms with E-state index in [2.05, 4.69) is 27.8 Å². The second kappa shape index (κ2) is 10.1. The minimum atomic E-state index is -0.462. The molecular formula is C24H25BrO5. The summed E-state index contributed by atoms with van der Waals surface area (Å²) in [5.74, 6) is 4.62. The van der Waals surface area contributed by atoms with Crippen LogP contribution in [-0.4, -0.2) is 29.9 Å². The number of carbonyl (C=O) groups excluding carboxylic acids is 3. The van der Waals surface area contributed by atoms with E-state index in [0.29, 0.717) is 22.9 Å². The molecule has 1 saturated heterocycles. The summed E-state index contributed by atoms with van der Waals surface area (Å²) in [4.78, 5) is 37.1. The summed E-state index contributed by atoms with van der Waals surface area (Å²) >= 11 is 3.41. The molecule has 1 saturated carbocycles. The van der Waals surface area contributed by atoms with E-state index < -0.39 is 12.1 Å². The number of benzene rings is 1. The summed E-state index contributed by atoms with van der Waals surface area (Å²) in [5, 5.41) is 0. The Morgan fingerprint density at radius 2 is 2.03 bits per heavy atom. The number of hydrogen-bond acceptors (Lipinski definition) is 5. The zero-order chi connectivity index (χ0) is 21.7. The fourth-order valence-electron chi connectivity index (χ4n) is 3.96. The van der Waals surface area contributed by atoms with Crippen molar-refractivity contribution < 1.29 is 23.9 Å². The number of esters is 2. The standard InChI is InChI=1S/C24H25BrO5/c1-3-4-6-9-15(2)23(27)19(25)12-17-18-13-22(26)29-20(18)14-21(17)30-24(28)16-10-7-5-8-11-16/h5,7-8,10-12,15,17-18,20-21H,3,9,13-14H2,1-2H3/b19-12+/t15-,17+,18+,20-,21+/m0/s1. The Morgan fingerprint density at radius 3 is 2.73 bits per heavy atom. The summed E-state index contributed by atoms with van der Waals surface area (Å²) in [6, 6.07) is 8.77. The summed E-state index contributed by atoms with van der Waals surface area (Å²) in [5.41, 5.74) is 0.465. The summed E-state index contributed by atoms with van der Waals surface area (Å²) in [6.45, 7) is 3.81. The molecule has 0 bridgehead atoms. The molecule has 5 atom stereocenters. The normalized spacial score (nSPS) is 26.2. The first-order chi connectivity index (χ1) is 14.4. The Hall–Kier alpha value is -2.39. The second-order valence-corrected chi connectivity index (χ2v) is 8.56. The molecule has 0 spiro atoms. The van der Waals surface area contributed by atoms with Crippen molar-refractivity contribution in [3.8, 4) is 11.8 Å². The van der Waals surface area contributed by atoms with Gasteiger partial charge in [-0.15, -0.1) is 11.8 Å². The highest BCUT2D eigenvalue weighted by Crippen LogP contribution is 2.44. The Balaban J connectivity index is 1.77. The first-order valence-corrected chi connectivity index (χ1v) is 11.0. The smallest absolute Gasteiger partial charge is 0.338 e. The second-order valence-electron chi connectivity index (χ2n) is 7.71. The van der Waals surface area contributed by atoms with Gasteiger partial charge >= 0.3 is 11.9 Å². The van der Waals surface area contributed by atoms with E-state index in [1.165, 1.54) is 0 Å². The highest BCUT2D eigenvalue weighted by molar-refractivity contribution is 9.12. The predicted molar refractivity (Wildman–Crippen MR) is 116 cm³/mol. The lowest BCUT2D eigenvalue weighted by Crippen LogP contribution is -2.25. The lowest BCUT2D eigenvalue weighted by molar-refractivity contribution is -0.141. The average Bonchev–Trinajstić information content (AvgIpc) is 3.24. The number of ether oxygens (including phenoxy) is 2. The lowest BCUT2D eigenvalue weighted by atomic mass is 9.90. The number of ketones is 1. The first-order valence-electron chi connectivity index (χ1n) is 10.2. The molecule has 1 aromatic carbocycles. The zero-order valence-corrected chi connectivity index (χ0v) is 18.7. The summed E-state index contributed by atoms with van der Waals surface area (Å²) in [7, 11) is 0. The number of halogens is 1. The highest BCUT2D eigenvalue weighted by Gasteiger charge is 2.51. The third-order valence-corrected chi connectivity index (χ3v) is 6.21. The minimum absolute atomic E-state index is 0.0535. The maximum absolute atomic E-state index is 12.7. The van der Waals surface area contributed by atoms with E-state index in [0.717, 1.165) is 6.42 Å². The monoisotopic (exact) mass is 472 g/mol. The van der Waals surface area contributed by atoms with Crippen LogP contribution in [0, 0.1) is 29.6 Å². The minimum Gasteiger partial charge on any atom is -0.462 e. The number of allylic oxidation sites excluding steroid dienone is 1. The van der Waals surface area contributed by atoms with Crippen LogP contribution in [0.25, 0.3) is 0 Å². The molecule has 2 aliphatic rings. The molecule has 158 valence electrons. The van der Waals surface area contributed by atoms with Crippen molar-refractivity contribution in [1.29, 1.82) is 0 Å². The molecule has 1 aromatic rings. The van der Waals surface area contributed by atoms with E-state index in [-0.39, 0.29) is 42.0 Å². The van der Waals surface area contributed by atoms with Gasteiger partial charge in [0, 0.05) is 37.0 Å². The quantitative estimate of drug-likeness (QED) is 0.347. The molecule has 0 N–H and O–H groups in total. The van der Waals surface area contributed by atoms with Gasteiger partial charge in [0.25, 0.3) is 0 Å².